The smallest absolute Gasteiger partial charge is 0.237 e. The molecule has 1 aliphatic carbocycles. The molecule has 1 saturated carbocycles. The number of hydrogen-bond donors (Lipinski definition) is 1. The second-order valence-corrected chi connectivity index (χ2v) is 5.80. The average molecular weight is 268 g/mol. The number of rotatable bonds is 4. The fourth-order valence-corrected chi connectivity index (χ4v) is 2.12. The first-order valence-corrected chi connectivity index (χ1v) is 7.11. The van der Waals surface area contributed by atoms with Gasteiger partial charge in [-0.05, 0) is 39.7 Å². The van der Waals surface area contributed by atoms with Gasteiger partial charge in [-0.25, -0.2) is 0 Å². The van der Waals surface area contributed by atoms with Gasteiger partial charge < -0.3 is 10.1 Å². The van der Waals surface area contributed by atoms with Gasteiger partial charge in [0.1, 0.15) is 0 Å². The zero-order chi connectivity index (χ0) is 14.5. The third-order valence-electron chi connectivity index (χ3n) is 3.86. The number of methoxy groups -OCH3 is 1. The fourth-order valence-electron chi connectivity index (χ4n) is 2.12. The van der Waals surface area contributed by atoms with Crippen molar-refractivity contribution in [2.75, 3.05) is 20.7 Å². The Morgan fingerprint density at radius 3 is 2.53 bits per heavy atom. The van der Waals surface area contributed by atoms with E-state index in [-0.39, 0.29) is 23.6 Å². The van der Waals surface area contributed by atoms with Crippen LogP contribution in [0.3, 0.4) is 0 Å². The van der Waals surface area contributed by atoms with Crippen molar-refractivity contribution in [1.82, 2.24) is 10.2 Å². The van der Waals surface area contributed by atoms with E-state index in [9.17, 15) is 4.79 Å². The summed E-state index contributed by atoms with van der Waals surface area (Å²) in [6.45, 7) is 8.50. The lowest BCUT2D eigenvalue weighted by atomic mass is 10.1. The summed E-state index contributed by atoms with van der Waals surface area (Å²) in [6.07, 6.45) is 6.21. The molecule has 1 saturated heterocycles. The highest BCUT2D eigenvalue weighted by molar-refractivity contribution is 5.83. The van der Waals surface area contributed by atoms with Gasteiger partial charge in [0, 0.05) is 19.2 Å². The van der Waals surface area contributed by atoms with Crippen molar-refractivity contribution < 1.29 is 9.53 Å². The molecule has 19 heavy (non-hydrogen) atoms. The van der Waals surface area contributed by atoms with Gasteiger partial charge in [0.25, 0.3) is 0 Å². The van der Waals surface area contributed by atoms with E-state index >= 15 is 0 Å². The molecular weight excluding hydrogens is 240 g/mol. The Kier molecular flexibility index (Phi) is 6.01. The Balaban J connectivity index is 0.000000399. The van der Waals surface area contributed by atoms with Crippen LogP contribution < -0.4 is 5.32 Å². The summed E-state index contributed by atoms with van der Waals surface area (Å²) in [5.74, 6) is 0.164. The zero-order valence-corrected chi connectivity index (χ0v) is 12.7. The predicted octanol–water partition coefficient (Wildman–Crippen LogP) is 1.96. The first-order chi connectivity index (χ1) is 8.95. The average Bonchev–Trinajstić information content (AvgIpc) is 2.98. The number of carbonyl (C=O) groups is 1. The lowest BCUT2D eigenvalue weighted by Gasteiger charge is -2.20. The van der Waals surface area contributed by atoms with Crippen molar-refractivity contribution in [3.63, 3.8) is 0 Å². The number of nitrogens with zero attached hydrogens (tertiary/aromatic N) is 1. The zero-order valence-electron chi connectivity index (χ0n) is 12.7. The predicted molar refractivity (Wildman–Crippen MR) is 78.1 cm³/mol. The highest BCUT2D eigenvalue weighted by Gasteiger charge is 2.42. The summed E-state index contributed by atoms with van der Waals surface area (Å²) in [5, 5.41) is 3.11. The molecule has 0 aromatic heterocycles. The van der Waals surface area contributed by atoms with Crippen molar-refractivity contribution in [1.29, 1.82) is 0 Å². The molecule has 0 radical (unpaired) electrons. The van der Waals surface area contributed by atoms with E-state index < -0.39 is 0 Å². The summed E-state index contributed by atoms with van der Waals surface area (Å²) >= 11 is 0. The molecule has 0 bridgehead atoms. The standard InChI is InChI=1S/C11H20N2O2.C4H8/c1-11(4-5-11)12-10(14)9-6-8(15-3)7-13(9)2;1-3-4-2/h8-9H,4-7H2,1-3H3,(H,12,14);3H,1,4H2,2H3/t8?,9-;/m0./s1. The van der Waals surface area contributed by atoms with Crippen LogP contribution in [0.5, 0.6) is 0 Å². The topological polar surface area (TPSA) is 41.6 Å². The molecule has 1 N–H and O–H groups in total. The van der Waals surface area contributed by atoms with E-state index in [0.29, 0.717) is 0 Å². The van der Waals surface area contributed by atoms with Crippen LogP contribution in [-0.4, -0.2) is 49.2 Å². The van der Waals surface area contributed by atoms with Gasteiger partial charge in [0.15, 0.2) is 0 Å². The SMILES string of the molecule is C=CCC.COC1C[C@@H](C(=O)NC2(C)CC2)N(C)C1. The van der Waals surface area contributed by atoms with Crippen molar-refractivity contribution in [2.24, 2.45) is 0 Å². The maximum Gasteiger partial charge on any atom is 0.237 e. The molecule has 1 heterocycles. The number of likely N-dealkylation sites (N-methyl/N-ethyl adjacent to an activating group) is 1. The second-order valence-electron chi connectivity index (χ2n) is 5.80. The largest absolute Gasteiger partial charge is 0.380 e. The van der Waals surface area contributed by atoms with E-state index in [4.69, 9.17) is 4.74 Å². The van der Waals surface area contributed by atoms with E-state index in [0.717, 1.165) is 32.2 Å². The minimum atomic E-state index is -0.00706. The van der Waals surface area contributed by atoms with Crippen LogP contribution in [-0.2, 0) is 9.53 Å². The second kappa shape index (κ2) is 7.06. The van der Waals surface area contributed by atoms with Crippen LogP contribution >= 0.6 is 0 Å². The molecule has 1 unspecified atom stereocenters. The number of amides is 1. The van der Waals surface area contributed by atoms with Crippen molar-refractivity contribution in [3.8, 4) is 0 Å². The van der Waals surface area contributed by atoms with E-state index in [1.54, 1.807) is 7.11 Å². The molecule has 0 aromatic carbocycles. The monoisotopic (exact) mass is 268 g/mol. The number of carbonyl (C=O) groups excluding carboxylic acids is 1. The van der Waals surface area contributed by atoms with E-state index in [1.165, 1.54) is 0 Å². The summed E-state index contributed by atoms with van der Waals surface area (Å²) in [7, 11) is 3.69. The third kappa shape index (κ3) is 4.96. The molecule has 1 amide bonds. The summed E-state index contributed by atoms with van der Waals surface area (Å²) < 4.78 is 5.29. The minimum absolute atomic E-state index is 0.00706. The lowest BCUT2D eigenvalue weighted by Crippen LogP contribution is -2.45. The van der Waals surface area contributed by atoms with Gasteiger partial charge in [-0.1, -0.05) is 13.0 Å². The first kappa shape index (κ1) is 16.2. The Hall–Kier alpha value is -0.870. The summed E-state index contributed by atoms with van der Waals surface area (Å²) in [5.41, 5.74) is 0.0864. The number of hydrogen-bond acceptors (Lipinski definition) is 3. The highest BCUT2D eigenvalue weighted by atomic mass is 16.5. The summed E-state index contributed by atoms with van der Waals surface area (Å²) in [6, 6.07) is -0.00706. The molecule has 1 aliphatic heterocycles. The van der Waals surface area contributed by atoms with E-state index in [1.807, 2.05) is 13.1 Å². The van der Waals surface area contributed by atoms with Gasteiger partial charge in [-0.2, -0.15) is 0 Å². The molecule has 2 aliphatic rings. The van der Waals surface area contributed by atoms with Gasteiger partial charge in [-0.15, -0.1) is 6.58 Å². The van der Waals surface area contributed by atoms with Crippen molar-refractivity contribution >= 4 is 5.91 Å². The van der Waals surface area contributed by atoms with Gasteiger partial charge >= 0.3 is 0 Å². The summed E-state index contributed by atoms with van der Waals surface area (Å²) in [4.78, 5) is 14.0. The van der Waals surface area contributed by atoms with E-state index in [2.05, 4.69) is 30.6 Å². The molecule has 2 fully saturated rings. The first-order valence-electron chi connectivity index (χ1n) is 7.11. The molecule has 4 heteroatoms. The Bertz CT molecular complexity index is 313. The van der Waals surface area contributed by atoms with Gasteiger partial charge in [0.2, 0.25) is 5.91 Å². The maximum absolute atomic E-state index is 12.0. The van der Waals surface area contributed by atoms with Gasteiger partial charge in [0.05, 0.1) is 12.1 Å². The number of allylic oxidation sites excluding steroid dienone is 1. The van der Waals surface area contributed by atoms with Crippen LogP contribution in [0.1, 0.15) is 39.5 Å². The van der Waals surface area contributed by atoms with Crippen molar-refractivity contribution in [3.05, 3.63) is 12.7 Å². The Labute approximate surface area is 117 Å². The number of ether oxygens (including phenoxy) is 1. The van der Waals surface area contributed by atoms with Crippen LogP contribution in [0.4, 0.5) is 0 Å². The molecule has 0 aromatic rings. The molecule has 2 atom stereocenters. The quantitative estimate of drug-likeness (QED) is 0.793. The number of nitrogens with one attached hydrogen (secondary N) is 1. The van der Waals surface area contributed by atoms with Crippen molar-refractivity contribution in [2.45, 2.75) is 57.2 Å². The molecule has 0 spiro atoms. The van der Waals surface area contributed by atoms with Crippen LogP contribution in [0, 0.1) is 0 Å². The molecule has 110 valence electrons. The third-order valence-corrected chi connectivity index (χ3v) is 3.86. The van der Waals surface area contributed by atoms with Crippen LogP contribution in [0.25, 0.3) is 0 Å². The van der Waals surface area contributed by atoms with Gasteiger partial charge in [-0.3, -0.25) is 9.69 Å². The molecule has 4 nitrogen and oxygen atoms in total. The lowest BCUT2D eigenvalue weighted by molar-refractivity contribution is -0.126. The Morgan fingerprint density at radius 1 is 1.58 bits per heavy atom. The molecule has 2 rings (SSSR count). The minimum Gasteiger partial charge on any atom is -0.380 e. The molecular formula is C15H28N2O2. The van der Waals surface area contributed by atoms with Crippen LogP contribution in [0.2, 0.25) is 0 Å². The highest BCUT2D eigenvalue weighted by Crippen LogP contribution is 2.34. The Morgan fingerprint density at radius 2 is 2.16 bits per heavy atom. The maximum atomic E-state index is 12.0. The normalized spacial score (nSPS) is 28.2. The fraction of sp³-hybridized carbons (Fsp3) is 0.800. The van der Waals surface area contributed by atoms with Crippen LogP contribution in [0.15, 0.2) is 12.7 Å². The number of likely N-dealkylation sites (tertiary alicyclic amines) is 1.